The molecule has 4 N–H and O–H groups in total. The Morgan fingerprint density at radius 1 is 1.59 bits per heavy atom. The van der Waals surface area contributed by atoms with Gasteiger partial charge in [0.25, 0.3) is 5.13 Å². The number of nitrogen functional groups attached to an aromatic ring is 1. The highest BCUT2D eigenvalue weighted by Crippen LogP contribution is 2.51. The van der Waals surface area contributed by atoms with Crippen LogP contribution in [0.5, 0.6) is 0 Å². The molecule has 0 spiro atoms. The summed E-state index contributed by atoms with van der Waals surface area (Å²) in [5.41, 5.74) is 3.10. The molecule has 22 heavy (non-hydrogen) atoms. The van der Waals surface area contributed by atoms with E-state index in [1.165, 1.54) is 0 Å². The molecule has 1 fully saturated rings. The second-order valence-corrected chi connectivity index (χ2v) is 5.27. The van der Waals surface area contributed by atoms with Crippen LogP contribution in [-0.2, 0) is 10.3 Å². The van der Waals surface area contributed by atoms with Gasteiger partial charge in [0.15, 0.2) is 11.5 Å². The van der Waals surface area contributed by atoms with Gasteiger partial charge < -0.3 is 20.7 Å². The molecule has 0 aromatic carbocycles. The van der Waals surface area contributed by atoms with Crippen molar-refractivity contribution in [2.24, 2.45) is 0 Å². The fourth-order valence-electron chi connectivity index (χ4n) is 2.41. The van der Waals surface area contributed by atoms with E-state index >= 15 is 0 Å². The van der Waals surface area contributed by atoms with Crippen molar-refractivity contribution >= 4 is 23.1 Å². The number of nitrogens with two attached hydrogens (primary N) is 1. The first-order valence-electron chi connectivity index (χ1n) is 6.09. The Hall–Kier alpha value is -2.06. The number of fused-ring (bicyclic) bond motifs is 1. The van der Waals surface area contributed by atoms with Crippen LogP contribution in [0.3, 0.4) is 0 Å². The highest BCUT2D eigenvalue weighted by Gasteiger charge is 2.69. The Labute approximate surface area is 127 Å². The van der Waals surface area contributed by atoms with Crippen LogP contribution in [0.15, 0.2) is 12.5 Å². The summed E-state index contributed by atoms with van der Waals surface area (Å²) >= 11 is 5.76. The van der Waals surface area contributed by atoms with Crippen LogP contribution >= 0.6 is 11.6 Å². The largest absolute Gasteiger partial charge is 0.394 e. The van der Waals surface area contributed by atoms with Gasteiger partial charge in [0.2, 0.25) is 5.60 Å². The smallest absolute Gasteiger partial charge is 0.259 e. The van der Waals surface area contributed by atoms with Gasteiger partial charge in [-0.2, -0.15) is 10.4 Å². The lowest BCUT2D eigenvalue weighted by molar-refractivity contribution is -0.0603. The van der Waals surface area contributed by atoms with Crippen LogP contribution < -0.4 is 5.73 Å². The minimum atomic E-state index is -3.02. The van der Waals surface area contributed by atoms with E-state index in [0.29, 0.717) is 0 Å². The molecule has 116 valence electrons. The predicted molar refractivity (Wildman–Crippen MR) is 70.1 cm³/mol. The molecule has 0 aliphatic carbocycles. The maximum Gasteiger partial charge on any atom is 0.259 e. The quantitative estimate of drug-likeness (QED) is 0.601. The number of nitrogens with zero attached hydrogens (tertiary/aromatic N) is 5. The van der Waals surface area contributed by atoms with Crippen molar-refractivity contribution in [2.75, 3.05) is 12.3 Å². The molecule has 1 aliphatic heterocycles. The number of alkyl halides is 2. The first-order valence-corrected chi connectivity index (χ1v) is 6.47. The Balaban J connectivity index is 2.27. The normalized spacial score (nSPS) is 34.9. The molecule has 0 amide bonds. The molecule has 3 heterocycles. The van der Waals surface area contributed by atoms with Gasteiger partial charge >= 0.3 is 0 Å². The predicted octanol–water partition coefficient (Wildman–Crippen LogP) is -0.918. The number of aromatic nitrogens is 4. The summed E-state index contributed by atoms with van der Waals surface area (Å²) < 4.78 is 21.2. The monoisotopic (exact) mass is 328 g/mol. The lowest BCUT2D eigenvalue weighted by Crippen LogP contribution is -2.46. The van der Waals surface area contributed by atoms with Crippen LogP contribution in [0.25, 0.3) is 5.65 Å². The van der Waals surface area contributed by atoms with Crippen molar-refractivity contribution < 1.29 is 19.3 Å². The molecular formula is C11H10ClFN6O3. The zero-order valence-electron chi connectivity index (χ0n) is 10.9. The Kier molecular flexibility index (Phi) is 3.19. The summed E-state index contributed by atoms with van der Waals surface area (Å²) in [6, 6.07) is 1.61. The Bertz CT molecular complexity index is 777. The van der Waals surface area contributed by atoms with Gasteiger partial charge in [0.1, 0.15) is 30.3 Å². The maximum atomic E-state index is 14.9. The zero-order valence-corrected chi connectivity index (χ0v) is 11.6. The van der Waals surface area contributed by atoms with Gasteiger partial charge in [-0.1, -0.05) is 11.6 Å². The molecule has 11 heteroatoms. The number of aliphatic hydroxyl groups is 2. The van der Waals surface area contributed by atoms with E-state index in [1.807, 2.05) is 0 Å². The summed E-state index contributed by atoms with van der Waals surface area (Å²) in [5, 5.41) is 29.3. The minimum absolute atomic E-state index is 0.00521. The van der Waals surface area contributed by atoms with E-state index in [2.05, 4.69) is 15.1 Å². The summed E-state index contributed by atoms with van der Waals surface area (Å²) in [5.74, 6) is 0.00521. The third-order valence-corrected chi connectivity index (χ3v) is 4.04. The molecule has 2 aromatic heterocycles. The van der Waals surface area contributed by atoms with Gasteiger partial charge in [0, 0.05) is 0 Å². The van der Waals surface area contributed by atoms with Crippen LogP contribution in [-0.4, -0.2) is 53.7 Å². The number of nitriles is 1. The summed E-state index contributed by atoms with van der Waals surface area (Å²) in [7, 11) is 0. The van der Waals surface area contributed by atoms with Gasteiger partial charge in [0.05, 0.1) is 12.8 Å². The fraction of sp³-hybridized carbons (Fsp3) is 0.455. The van der Waals surface area contributed by atoms with Crippen molar-refractivity contribution in [1.29, 1.82) is 5.26 Å². The molecule has 0 saturated carbocycles. The molecule has 9 nitrogen and oxygen atoms in total. The third kappa shape index (κ3) is 1.65. The van der Waals surface area contributed by atoms with Crippen LogP contribution in [0, 0.1) is 11.3 Å². The second-order valence-electron chi connectivity index (χ2n) is 4.72. The maximum absolute atomic E-state index is 14.9. The van der Waals surface area contributed by atoms with Gasteiger partial charge in [-0.05, 0) is 0 Å². The van der Waals surface area contributed by atoms with Crippen LogP contribution in [0.1, 0.15) is 5.69 Å². The van der Waals surface area contributed by atoms with E-state index in [9.17, 15) is 14.8 Å². The highest BCUT2D eigenvalue weighted by atomic mass is 35.5. The van der Waals surface area contributed by atoms with Gasteiger partial charge in [-0.3, -0.25) is 0 Å². The molecule has 2 aromatic rings. The second kappa shape index (κ2) is 4.72. The SMILES string of the molecule is N#C[C@@]1(c2cnc3c(N)ncnn23)O[C@H](CO)C(O)[C@]1(F)Cl. The number of hydrogen-bond donors (Lipinski definition) is 3. The molecule has 3 rings (SSSR count). The zero-order chi connectivity index (χ0) is 16.1. The fourth-order valence-corrected chi connectivity index (χ4v) is 2.74. The Morgan fingerprint density at radius 3 is 2.91 bits per heavy atom. The molecule has 0 bridgehead atoms. The topological polar surface area (TPSA) is 143 Å². The number of ether oxygens (including phenoxy) is 1. The molecular weight excluding hydrogens is 319 g/mol. The summed E-state index contributed by atoms with van der Waals surface area (Å²) in [6.45, 7) is -0.725. The average Bonchev–Trinajstić information content (AvgIpc) is 3.01. The lowest BCUT2D eigenvalue weighted by atomic mass is 9.93. The highest BCUT2D eigenvalue weighted by molar-refractivity contribution is 6.24. The van der Waals surface area contributed by atoms with Crippen molar-refractivity contribution in [3.8, 4) is 6.07 Å². The number of halogens is 2. The standard InChI is InChI=1S/C11H10ClFN6O3/c12-11(13)7(21)5(2-20)22-10(11,3-14)6-1-16-9-8(15)17-4-18-19(6)9/h1,4-5,7,20-21H,2H2,(H2,15,17,18)/t5-,7?,10+,11-/m1/s1. The molecule has 1 unspecified atom stereocenters. The van der Waals surface area contributed by atoms with E-state index in [1.54, 1.807) is 6.07 Å². The summed E-state index contributed by atoms with van der Waals surface area (Å²) in [4.78, 5) is 7.63. The lowest BCUT2D eigenvalue weighted by Gasteiger charge is -2.28. The molecule has 1 aliphatic rings. The van der Waals surface area contributed by atoms with Crippen molar-refractivity contribution in [3.05, 3.63) is 18.2 Å². The Morgan fingerprint density at radius 2 is 2.32 bits per heavy atom. The molecule has 4 atom stereocenters. The number of hydrogen-bond acceptors (Lipinski definition) is 8. The minimum Gasteiger partial charge on any atom is -0.394 e. The number of rotatable bonds is 2. The number of aliphatic hydroxyl groups excluding tert-OH is 2. The first-order chi connectivity index (χ1) is 10.4. The third-order valence-electron chi connectivity index (χ3n) is 3.55. The van der Waals surface area contributed by atoms with E-state index in [0.717, 1.165) is 17.0 Å². The molecule has 0 radical (unpaired) electrons. The van der Waals surface area contributed by atoms with E-state index in [-0.39, 0.29) is 17.2 Å². The van der Waals surface area contributed by atoms with Crippen molar-refractivity contribution in [3.63, 3.8) is 0 Å². The van der Waals surface area contributed by atoms with Crippen LogP contribution in [0.2, 0.25) is 0 Å². The summed E-state index contributed by atoms with van der Waals surface area (Å²) in [6.07, 6.45) is -1.12. The van der Waals surface area contributed by atoms with Crippen LogP contribution in [0.4, 0.5) is 10.2 Å². The van der Waals surface area contributed by atoms with Gasteiger partial charge in [-0.25, -0.2) is 18.9 Å². The average molecular weight is 329 g/mol. The van der Waals surface area contributed by atoms with Gasteiger partial charge in [-0.15, -0.1) is 0 Å². The van der Waals surface area contributed by atoms with E-state index in [4.69, 9.17) is 27.2 Å². The number of anilines is 1. The molecule has 1 saturated heterocycles. The van der Waals surface area contributed by atoms with Crippen molar-refractivity contribution in [2.45, 2.75) is 22.9 Å². The van der Waals surface area contributed by atoms with Crippen molar-refractivity contribution in [1.82, 2.24) is 19.6 Å². The first kappa shape index (κ1) is 14.9. The van der Waals surface area contributed by atoms with E-state index < -0.39 is 29.5 Å². The number of imidazole rings is 1.